The number of nitrogens with one attached hydrogen (secondary N) is 1. The molecule has 0 heterocycles. The van der Waals surface area contributed by atoms with Gasteiger partial charge < -0.3 is 10.5 Å². The van der Waals surface area contributed by atoms with Gasteiger partial charge in [0.15, 0.2) is 0 Å². The van der Waals surface area contributed by atoms with E-state index in [0.717, 1.165) is 19.3 Å². The maximum absolute atomic E-state index is 12.3. The van der Waals surface area contributed by atoms with Gasteiger partial charge in [-0.25, -0.2) is 13.1 Å². The van der Waals surface area contributed by atoms with Gasteiger partial charge in [-0.05, 0) is 31.2 Å². The lowest BCUT2D eigenvalue weighted by molar-refractivity contribution is 0.361. The topological polar surface area (TPSA) is 81.4 Å². The molecule has 1 fully saturated rings. The molecular weight excluding hydrogens is 296 g/mol. The molecule has 1 aromatic rings. The zero-order valence-corrected chi connectivity index (χ0v) is 13.3. The van der Waals surface area contributed by atoms with E-state index in [1.807, 2.05) is 6.26 Å². The normalized spacial score (nSPS) is 17.5. The number of hydrogen-bond donors (Lipinski definition) is 2. The zero-order valence-electron chi connectivity index (χ0n) is 11.7. The Morgan fingerprint density at radius 3 is 2.65 bits per heavy atom. The highest BCUT2D eigenvalue weighted by Crippen LogP contribution is 2.42. The molecule has 0 aromatic heterocycles. The predicted octanol–water partition coefficient (Wildman–Crippen LogP) is 1.84. The van der Waals surface area contributed by atoms with Crippen LogP contribution in [0.15, 0.2) is 23.1 Å². The van der Waals surface area contributed by atoms with Gasteiger partial charge in [0, 0.05) is 17.4 Å². The summed E-state index contributed by atoms with van der Waals surface area (Å²) in [6, 6.07) is 4.48. The third-order valence-corrected chi connectivity index (χ3v) is 6.61. The van der Waals surface area contributed by atoms with Crippen LogP contribution < -0.4 is 15.2 Å². The minimum atomic E-state index is -3.53. The standard InChI is InChI=1S/C13H20N2O3S2/c1-18-12-8-10(4-5-11(12)14)20(16,17)15-9-13(19-2)6-3-7-13/h4-5,8,15H,3,6-7,9,14H2,1-2H3. The van der Waals surface area contributed by atoms with Gasteiger partial charge in [-0.3, -0.25) is 0 Å². The van der Waals surface area contributed by atoms with E-state index in [1.54, 1.807) is 17.8 Å². The van der Waals surface area contributed by atoms with Gasteiger partial charge in [-0.2, -0.15) is 11.8 Å². The number of sulfonamides is 1. The molecule has 0 amide bonds. The molecule has 3 N–H and O–H groups in total. The van der Waals surface area contributed by atoms with Crippen molar-refractivity contribution in [2.75, 3.05) is 25.6 Å². The second-order valence-electron chi connectivity index (χ2n) is 4.97. The van der Waals surface area contributed by atoms with Crippen LogP contribution >= 0.6 is 11.8 Å². The highest BCUT2D eigenvalue weighted by Gasteiger charge is 2.37. The molecule has 0 radical (unpaired) electrons. The molecule has 112 valence electrons. The van der Waals surface area contributed by atoms with Crippen molar-refractivity contribution in [3.63, 3.8) is 0 Å². The molecule has 0 bridgehead atoms. The van der Waals surface area contributed by atoms with Crippen LogP contribution in [0.3, 0.4) is 0 Å². The van der Waals surface area contributed by atoms with Crippen LogP contribution in [0, 0.1) is 0 Å². The Balaban J connectivity index is 2.14. The molecule has 0 unspecified atom stereocenters. The summed E-state index contributed by atoms with van der Waals surface area (Å²) in [6.07, 6.45) is 5.31. The van der Waals surface area contributed by atoms with E-state index in [-0.39, 0.29) is 9.64 Å². The van der Waals surface area contributed by atoms with E-state index in [0.29, 0.717) is 18.0 Å². The molecular formula is C13H20N2O3S2. The SMILES string of the molecule is COc1cc(S(=O)(=O)NCC2(SC)CCC2)ccc1N. The molecule has 0 saturated heterocycles. The number of hydrogen-bond acceptors (Lipinski definition) is 5. The lowest BCUT2D eigenvalue weighted by Crippen LogP contribution is -2.45. The van der Waals surface area contributed by atoms with E-state index in [9.17, 15) is 8.42 Å². The second kappa shape index (κ2) is 5.83. The zero-order chi connectivity index (χ0) is 14.8. The van der Waals surface area contributed by atoms with Crippen molar-refractivity contribution in [2.45, 2.75) is 28.9 Å². The van der Waals surface area contributed by atoms with Gasteiger partial charge >= 0.3 is 0 Å². The minimum absolute atomic E-state index is 0.0605. The van der Waals surface area contributed by atoms with Gasteiger partial charge in [-0.1, -0.05) is 6.42 Å². The van der Waals surface area contributed by atoms with Gasteiger partial charge in [0.05, 0.1) is 17.7 Å². The van der Waals surface area contributed by atoms with Crippen molar-refractivity contribution in [1.82, 2.24) is 4.72 Å². The van der Waals surface area contributed by atoms with Crippen LogP contribution in [0.5, 0.6) is 5.75 Å². The Morgan fingerprint density at radius 1 is 1.45 bits per heavy atom. The van der Waals surface area contributed by atoms with Crippen LogP contribution in [0.2, 0.25) is 0 Å². The van der Waals surface area contributed by atoms with Gasteiger partial charge in [-0.15, -0.1) is 0 Å². The fourth-order valence-corrected chi connectivity index (χ4v) is 4.34. The van der Waals surface area contributed by atoms with Crippen LogP contribution in [0.4, 0.5) is 5.69 Å². The number of methoxy groups -OCH3 is 1. The summed E-state index contributed by atoms with van der Waals surface area (Å²) in [5, 5.41) is 0. The summed E-state index contributed by atoms with van der Waals surface area (Å²) in [4.78, 5) is 0.180. The maximum atomic E-state index is 12.3. The van der Waals surface area contributed by atoms with Gasteiger partial charge in [0.2, 0.25) is 10.0 Å². The Kier molecular flexibility index (Phi) is 4.51. The van der Waals surface area contributed by atoms with Crippen LogP contribution in [0.1, 0.15) is 19.3 Å². The third-order valence-electron chi connectivity index (χ3n) is 3.80. The minimum Gasteiger partial charge on any atom is -0.495 e. The lowest BCUT2D eigenvalue weighted by atomic mass is 9.84. The molecule has 1 saturated carbocycles. The first-order chi connectivity index (χ1) is 9.42. The fraction of sp³-hybridized carbons (Fsp3) is 0.538. The average molecular weight is 316 g/mol. The monoisotopic (exact) mass is 316 g/mol. The van der Waals surface area contributed by atoms with Gasteiger partial charge in [0.25, 0.3) is 0 Å². The quantitative estimate of drug-likeness (QED) is 0.783. The van der Waals surface area contributed by atoms with Crippen molar-refractivity contribution in [2.24, 2.45) is 0 Å². The Bertz CT molecular complexity index is 578. The second-order valence-corrected chi connectivity index (χ2v) is 8.01. The summed E-state index contributed by atoms with van der Waals surface area (Å²) in [7, 11) is -2.06. The molecule has 7 heteroatoms. The molecule has 20 heavy (non-hydrogen) atoms. The van der Waals surface area contributed by atoms with E-state index >= 15 is 0 Å². The number of rotatable bonds is 6. The Labute approximate surface area is 124 Å². The van der Waals surface area contributed by atoms with Crippen molar-refractivity contribution in [3.05, 3.63) is 18.2 Å². The summed E-state index contributed by atoms with van der Waals surface area (Å²) in [6.45, 7) is 0.461. The molecule has 0 spiro atoms. The van der Waals surface area contributed by atoms with Crippen molar-refractivity contribution >= 4 is 27.5 Å². The van der Waals surface area contributed by atoms with E-state index < -0.39 is 10.0 Å². The van der Waals surface area contributed by atoms with E-state index in [1.165, 1.54) is 19.2 Å². The molecule has 5 nitrogen and oxygen atoms in total. The molecule has 0 aliphatic heterocycles. The number of benzene rings is 1. The van der Waals surface area contributed by atoms with E-state index in [2.05, 4.69) is 4.72 Å². The average Bonchev–Trinajstić information content (AvgIpc) is 2.38. The molecule has 2 rings (SSSR count). The predicted molar refractivity (Wildman–Crippen MR) is 82.7 cm³/mol. The van der Waals surface area contributed by atoms with E-state index in [4.69, 9.17) is 10.5 Å². The first-order valence-corrected chi connectivity index (χ1v) is 9.12. The molecule has 0 atom stereocenters. The summed E-state index contributed by atoms with van der Waals surface area (Å²) < 4.78 is 32.4. The highest BCUT2D eigenvalue weighted by molar-refractivity contribution is 8.00. The number of thioether (sulfide) groups is 1. The number of nitrogens with two attached hydrogens (primary N) is 1. The summed E-state index contributed by atoms with van der Waals surface area (Å²) in [5.41, 5.74) is 6.12. The van der Waals surface area contributed by atoms with Crippen molar-refractivity contribution < 1.29 is 13.2 Å². The molecule has 1 aliphatic rings. The maximum Gasteiger partial charge on any atom is 0.240 e. The first-order valence-electron chi connectivity index (χ1n) is 6.41. The summed E-state index contributed by atoms with van der Waals surface area (Å²) >= 11 is 1.73. The van der Waals surface area contributed by atoms with Crippen molar-refractivity contribution in [3.8, 4) is 5.75 Å². The van der Waals surface area contributed by atoms with Gasteiger partial charge in [0.1, 0.15) is 5.75 Å². The van der Waals surface area contributed by atoms with Crippen molar-refractivity contribution in [1.29, 1.82) is 0 Å². The van der Waals surface area contributed by atoms with Crippen LogP contribution in [0.25, 0.3) is 0 Å². The number of ether oxygens (including phenoxy) is 1. The lowest BCUT2D eigenvalue weighted by Gasteiger charge is -2.40. The number of nitrogen functional groups attached to an aromatic ring is 1. The van der Waals surface area contributed by atoms with Crippen LogP contribution in [-0.4, -0.2) is 33.1 Å². The number of anilines is 1. The largest absolute Gasteiger partial charge is 0.495 e. The fourth-order valence-electron chi connectivity index (χ4n) is 2.19. The molecule has 1 aliphatic carbocycles. The summed E-state index contributed by atoms with van der Waals surface area (Å²) in [5.74, 6) is 0.371. The van der Waals surface area contributed by atoms with Crippen LogP contribution in [-0.2, 0) is 10.0 Å². The molecule has 1 aromatic carbocycles. The first kappa shape index (κ1) is 15.5. The Morgan fingerprint density at radius 2 is 2.15 bits per heavy atom. The smallest absolute Gasteiger partial charge is 0.240 e. The Hall–Kier alpha value is -0.920. The third kappa shape index (κ3) is 3.05. The highest BCUT2D eigenvalue weighted by atomic mass is 32.2.